The predicted molar refractivity (Wildman–Crippen MR) is 109 cm³/mol. The first-order valence-corrected chi connectivity index (χ1v) is 9.44. The van der Waals surface area contributed by atoms with E-state index in [4.69, 9.17) is 9.84 Å². The Labute approximate surface area is 174 Å². The van der Waals surface area contributed by atoms with Crippen LogP contribution >= 0.6 is 11.8 Å². The Morgan fingerprint density at radius 2 is 2.00 bits per heavy atom. The molecule has 0 saturated carbocycles. The van der Waals surface area contributed by atoms with Crippen molar-refractivity contribution in [1.82, 2.24) is 9.47 Å². The molecule has 0 spiro atoms. The Kier molecular flexibility index (Phi) is 5.65. The SMILES string of the molecule is COc1ccc([N+](=O)[O-])cc1-n1c(C)cc(/C=C2/SC(=O)N(CC(=O)O)C2=O)c1C. The number of hydrogen-bond acceptors (Lipinski definition) is 7. The number of aliphatic carboxylic acids is 1. The molecule has 0 atom stereocenters. The maximum absolute atomic E-state index is 12.4. The number of carbonyl (C=O) groups excluding carboxylic acids is 2. The van der Waals surface area contributed by atoms with Gasteiger partial charge in [0.15, 0.2) is 0 Å². The van der Waals surface area contributed by atoms with Crippen molar-refractivity contribution in [2.24, 2.45) is 0 Å². The monoisotopic (exact) mass is 431 g/mol. The molecule has 2 aromatic rings. The second kappa shape index (κ2) is 8.03. The molecule has 0 bridgehead atoms. The highest BCUT2D eigenvalue weighted by molar-refractivity contribution is 8.18. The second-order valence-electron chi connectivity index (χ2n) is 6.44. The third-order valence-electron chi connectivity index (χ3n) is 4.54. The lowest BCUT2D eigenvalue weighted by molar-refractivity contribution is -0.384. The smallest absolute Gasteiger partial charge is 0.323 e. The first-order chi connectivity index (χ1) is 14.1. The van der Waals surface area contributed by atoms with Crippen molar-refractivity contribution in [1.29, 1.82) is 0 Å². The first kappa shape index (κ1) is 21.1. The summed E-state index contributed by atoms with van der Waals surface area (Å²) in [6.45, 7) is 2.85. The molecule has 2 amide bonds. The maximum Gasteiger partial charge on any atom is 0.323 e. The highest BCUT2D eigenvalue weighted by Crippen LogP contribution is 2.35. The molecule has 1 fully saturated rings. The van der Waals surface area contributed by atoms with Crippen LogP contribution in [0.4, 0.5) is 10.5 Å². The molecule has 0 unspecified atom stereocenters. The molecule has 2 heterocycles. The number of aromatic nitrogens is 1. The van der Waals surface area contributed by atoms with Crippen molar-refractivity contribution in [2.75, 3.05) is 13.7 Å². The lowest BCUT2D eigenvalue weighted by Crippen LogP contribution is -2.33. The number of ether oxygens (including phenoxy) is 1. The number of methoxy groups -OCH3 is 1. The summed E-state index contributed by atoms with van der Waals surface area (Å²) in [5, 5.41) is 19.4. The number of carbonyl (C=O) groups is 3. The largest absolute Gasteiger partial charge is 0.495 e. The van der Waals surface area contributed by atoms with E-state index in [9.17, 15) is 24.5 Å². The average Bonchev–Trinajstić information content (AvgIpc) is 3.10. The van der Waals surface area contributed by atoms with Crippen molar-refractivity contribution in [3.63, 3.8) is 0 Å². The molecule has 0 aliphatic carbocycles. The number of carboxylic acids is 1. The normalized spacial score (nSPS) is 15.2. The van der Waals surface area contributed by atoms with Gasteiger partial charge in [-0.1, -0.05) is 0 Å². The highest BCUT2D eigenvalue weighted by atomic mass is 32.2. The first-order valence-electron chi connectivity index (χ1n) is 8.63. The minimum atomic E-state index is -1.28. The Bertz CT molecular complexity index is 1120. The molecule has 1 aliphatic heterocycles. The van der Waals surface area contributed by atoms with Gasteiger partial charge >= 0.3 is 5.97 Å². The number of hydrogen-bond donors (Lipinski definition) is 1. The summed E-state index contributed by atoms with van der Waals surface area (Å²) in [5.41, 5.74) is 2.36. The summed E-state index contributed by atoms with van der Waals surface area (Å²) in [7, 11) is 1.46. The highest BCUT2D eigenvalue weighted by Gasteiger charge is 2.36. The van der Waals surface area contributed by atoms with Crippen LogP contribution in [0.1, 0.15) is 17.0 Å². The number of thioether (sulfide) groups is 1. The topological polar surface area (TPSA) is 132 Å². The fourth-order valence-electron chi connectivity index (χ4n) is 3.18. The van der Waals surface area contributed by atoms with Gasteiger partial charge in [-0.05, 0) is 49.4 Å². The van der Waals surface area contributed by atoms with E-state index in [1.807, 2.05) is 0 Å². The molecule has 1 aromatic heterocycles. The molecule has 1 aliphatic rings. The minimum absolute atomic E-state index is 0.102. The molecule has 1 saturated heterocycles. The lowest BCUT2D eigenvalue weighted by Gasteiger charge is -2.13. The number of imide groups is 1. The van der Waals surface area contributed by atoms with Crippen molar-refractivity contribution in [3.8, 4) is 11.4 Å². The quantitative estimate of drug-likeness (QED) is 0.419. The van der Waals surface area contributed by atoms with E-state index in [1.54, 1.807) is 24.5 Å². The van der Waals surface area contributed by atoms with Crippen molar-refractivity contribution < 1.29 is 29.2 Å². The summed E-state index contributed by atoms with van der Waals surface area (Å²) >= 11 is 0.664. The number of non-ortho nitro benzene ring substituents is 1. The Morgan fingerprint density at radius 3 is 2.60 bits per heavy atom. The van der Waals surface area contributed by atoms with E-state index < -0.39 is 28.6 Å². The fourth-order valence-corrected chi connectivity index (χ4v) is 4.01. The number of benzene rings is 1. The molecular weight excluding hydrogens is 414 g/mol. The van der Waals surface area contributed by atoms with Crippen LogP contribution in [0.3, 0.4) is 0 Å². The fraction of sp³-hybridized carbons (Fsp3) is 0.211. The second-order valence-corrected chi connectivity index (χ2v) is 7.43. The zero-order valence-electron chi connectivity index (χ0n) is 16.2. The van der Waals surface area contributed by atoms with Gasteiger partial charge < -0.3 is 14.4 Å². The standard InChI is InChI=1S/C19H17N3O7S/c1-10-6-12(7-16-18(25)20(9-17(23)24)19(26)30-16)11(2)21(10)14-8-13(22(27)28)4-5-15(14)29-3/h4-8H,9H2,1-3H3,(H,23,24)/b16-7+. The molecule has 1 aromatic carbocycles. The zero-order chi connectivity index (χ0) is 22.2. The van der Waals surface area contributed by atoms with Gasteiger partial charge in [0.25, 0.3) is 16.8 Å². The van der Waals surface area contributed by atoms with Gasteiger partial charge in [0.1, 0.15) is 12.3 Å². The number of nitro groups is 1. The van der Waals surface area contributed by atoms with Crippen molar-refractivity contribution >= 4 is 40.6 Å². The predicted octanol–water partition coefficient (Wildman–Crippen LogP) is 3.13. The van der Waals surface area contributed by atoms with E-state index in [1.165, 1.54) is 31.4 Å². The van der Waals surface area contributed by atoms with Crippen molar-refractivity contribution in [3.05, 3.63) is 56.2 Å². The Balaban J connectivity index is 2.06. The van der Waals surface area contributed by atoms with Gasteiger partial charge in [0.05, 0.1) is 22.6 Å². The third kappa shape index (κ3) is 3.79. The van der Waals surface area contributed by atoms with Crippen LogP contribution in [-0.4, -0.2) is 50.3 Å². The molecule has 30 heavy (non-hydrogen) atoms. The van der Waals surface area contributed by atoms with E-state index in [2.05, 4.69) is 0 Å². The lowest BCUT2D eigenvalue weighted by atomic mass is 10.2. The molecule has 156 valence electrons. The van der Waals surface area contributed by atoms with E-state index in [0.29, 0.717) is 39.4 Å². The van der Waals surface area contributed by atoms with Gasteiger partial charge in [0, 0.05) is 23.5 Å². The van der Waals surface area contributed by atoms with E-state index in [0.717, 1.165) is 5.69 Å². The number of amides is 2. The van der Waals surface area contributed by atoms with Crippen LogP contribution < -0.4 is 4.74 Å². The van der Waals surface area contributed by atoms with Crippen LogP contribution in [0, 0.1) is 24.0 Å². The molecular formula is C19H17N3O7S. The molecule has 11 heteroatoms. The van der Waals surface area contributed by atoms with Crippen molar-refractivity contribution in [2.45, 2.75) is 13.8 Å². The zero-order valence-corrected chi connectivity index (χ0v) is 17.1. The number of carboxylic acid groups (broad SMARTS) is 1. The molecule has 1 N–H and O–H groups in total. The molecule has 0 radical (unpaired) electrons. The Hall–Kier alpha value is -3.60. The summed E-state index contributed by atoms with van der Waals surface area (Å²) < 4.78 is 7.09. The maximum atomic E-state index is 12.4. The van der Waals surface area contributed by atoms with Gasteiger partial charge in [0.2, 0.25) is 0 Å². The number of rotatable bonds is 6. The summed E-state index contributed by atoms with van der Waals surface area (Å²) in [4.78, 5) is 46.7. The number of nitro benzene ring substituents is 1. The van der Waals surface area contributed by atoms with Crippen LogP contribution in [0.5, 0.6) is 5.75 Å². The van der Waals surface area contributed by atoms with E-state index in [-0.39, 0.29) is 10.6 Å². The number of nitrogens with zero attached hydrogens (tertiary/aromatic N) is 3. The molecule has 3 rings (SSSR count). The summed E-state index contributed by atoms with van der Waals surface area (Å²) in [6.07, 6.45) is 1.51. The minimum Gasteiger partial charge on any atom is -0.495 e. The Morgan fingerprint density at radius 1 is 1.30 bits per heavy atom. The number of aryl methyl sites for hydroxylation is 1. The molecule has 10 nitrogen and oxygen atoms in total. The summed E-state index contributed by atoms with van der Waals surface area (Å²) in [6, 6.07) is 6.00. The van der Waals surface area contributed by atoms with Gasteiger partial charge in [-0.3, -0.25) is 29.4 Å². The van der Waals surface area contributed by atoms with Crippen LogP contribution in [0.25, 0.3) is 11.8 Å². The van der Waals surface area contributed by atoms with Gasteiger partial charge in [-0.25, -0.2) is 0 Å². The van der Waals surface area contributed by atoms with Gasteiger partial charge in [-0.2, -0.15) is 0 Å². The van der Waals surface area contributed by atoms with Crippen LogP contribution in [0.15, 0.2) is 29.2 Å². The average molecular weight is 431 g/mol. The van der Waals surface area contributed by atoms with E-state index >= 15 is 0 Å². The van der Waals surface area contributed by atoms with Crippen LogP contribution in [-0.2, 0) is 9.59 Å². The third-order valence-corrected chi connectivity index (χ3v) is 5.45. The summed E-state index contributed by atoms with van der Waals surface area (Å²) in [5.74, 6) is -1.53. The van der Waals surface area contributed by atoms with Gasteiger partial charge in [-0.15, -0.1) is 0 Å². The van der Waals surface area contributed by atoms with Crippen LogP contribution in [0.2, 0.25) is 0 Å².